The van der Waals surface area contributed by atoms with Crippen LogP contribution in [-0.4, -0.2) is 25.0 Å². The highest BCUT2D eigenvalue weighted by Gasteiger charge is 2.34. The van der Waals surface area contributed by atoms with Crippen LogP contribution in [0.4, 0.5) is 10.1 Å². The number of methoxy groups -OCH3 is 1. The lowest BCUT2D eigenvalue weighted by Gasteiger charge is -2.33. The van der Waals surface area contributed by atoms with Gasteiger partial charge in [0.15, 0.2) is 0 Å². The van der Waals surface area contributed by atoms with E-state index in [2.05, 4.69) is 5.32 Å². The molecule has 2 aromatic carbocycles. The monoisotopic (exact) mass is 480 g/mol. The number of hydrogen-bond donors (Lipinski definition) is 1. The largest absolute Gasteiger partial charge is 0.497 e. The smallest absolute Gasteiger partial charge is 0.248 e. The zero-order chi connectivity index (χ0) is 23.9. The first-order chi connectivity index (χ1) is 16.5. The van der Waals surface area contributed by atoms with Gasteiger partial charge in [0, 0.05) is 16.6 Å². The first-order valence-electron chi connectivity index (χ1n) is 11.6. The Bertz CT molecular complexity index is 1100. The predicted molar refractivity (Wildman–Crippen MR) is 133 cm³/mol. The Labute approximate surface area is 203 Å². The number of hydrogen-bond acceptors (Lipinski definition) is 4. The van der Waals surface area contributed by atoms with Crippen molar-refractivity contribution in [3.05, 3.63) is 82.3 Å². The number of thiophene rings is 1. The summed E-state index contributed by atoms with van der Waals surface area (Å²) >= 11 is 1.49. The molecule has 3 aromatic rings. The molecule has 1 N–H and O–H groups in total. The molecule has 7 heteroatoms. The van der Waals surface area contributed by atoms with Gasteiger partial charge in [0.05, 0.1) is 13.5 Å². The Kier molecular flexibility index (Phi) is 7.95. The Morgan fingerprint density at radius 1 is 1.09 bits per heavy atom. The molecule has 1 heterocycles. The normalized spacial score (nSPS) is 14.9. The molecule has 34 heavy (non-hydrogen) atoms. The van der Waals surface area contributed by atoms with Gasteiger partial charge in [0.2, 0.25) is 11.8 Å². The first-order valence-corrected chi connectivity index (χ1v) is 12.5. The Balaban J connectivity index is 1.75. The van der Waals surface area contributed by atoms with Crippen LogP contribution < -0.4 is 15.0 Å². The van der Waals surface area contributed by atoms with Gasteiger partial charge in [-0.3, -0.25) is 14.5 Å². The Hall–Kier alpha value is -3.19. The van der Waals surface area contributed by atoms with E-state index in [1.165, 1.54) is 34.8 Å². The summed E-state index contributed by atoms with van der Waals surface area (Å²) in [5.74, 6) is -0.290. The number of carbonyl (C=O) groups is 2. The van der Waals surface area contributed by atoms with E-state index >= 15 is 0 Å². The first kappa shape index (κ1) is 24.0. The molecule has 0 spiro atoms. The SMILES string of the molecule is COc1cccc([C@@H](C(=O)NC2CCCCC2)N(C(=O)Cc2cccs2)c2ccc(F)cc2)c1. The molecule has 4 rings (SSSR count). The molecule has 0 saturated heterocycles. The average Bonchev–Trinajstić information content (AvgIpc) is 3.36. The van der Waals surface area contributed by atoms with Gasteiger partial charge in [0.1, 0.15) is 17.6 Å². The highest BCUT2D eigenvalue weighted by molar-refractivity contribution is 7.10. The van der Waals surface area contributed by atoms with E-state index in [1.54, 1.807) is 31.4 Å². The lowest BCUT2D eigenvalue weighted by Crippen LogP contribution is -2.47. The molecule has 2 amide bonds. The van der Waals surface area contributed by atoms with Crippen molar-refractivity contribution in [2.45, 2.75) is 50.6 Å². The van der Waals surface area contributed by atoms with Gasteiger partial charge in [0.25, 0.3) is 0 Å². The van der Waals surface area contributed by atoms with Gasteiger partial charge in [-0.25, -0.2) is 4.39 Å². The highest BCUT2D eigenvalue weighted by Crippen LogP contribution is 2.32. The van der Waals surface area contributed by atoms with Crippen LogP contribution in [-0.2, 0) is 16.0 Å². The molecular weight excluding hydrogens is 451 g/mol. The molecule has 0 unspecified atom stereocenters. The fraction of sp³-hybridized carbons (Fsp3) is 0.333. The second-order valence-electron chi connectivity index (χ2n) is 8.52. The Morgan fingerprint density at radius 3 is 2.53 bits per heavy atom. The van der Waals surface area contributed by atoms with Crippen LogP contribution in [0.3, 0.4) is 0 Å². The van der Waals surface area contributed by atoms with Gasteiger partial charge in [-0.05, 0) is 66.2 Å². The van der Waals surface area contributed by atoms with Crippen LogP contribution in [0, 0.1) is 5.82 Å². The molecule has 0 aliphatic heterocycles. The molecule has 5 nitrogen and oxygen atoms in total. The summed E-state index contributed by atoms with van der Waals surface area (Å²) in [6, 6.07) is 15.9. The third kappa shape index (κ3) is 5.83. The minimum atomic E-state index is -0.921. The molecule has 0 bridgehead atoms. The predicted octanol–water partition coefficient (Wildman–Crippen LogP) is 5.66. The maximum absolute atomic E-state index is 13.8. The quantitative estimate of drug-likeness (QED) is 0.453. The maximum Gasteiger partial charge on any atom is 0.248 e. The van der Waals surface area contributed by atoms with E-state index < -0.39 is 11.9 Å². The molecule has 0 radical (unpaired) electrons. The molecule has 178 valence electrons. The lowest BCUT2D eigenvalue weighted by atomic mass is 9.94. The fourth-order valence-electron chi connectivity index (χ4n) is 4.44. The van der Waals surface area contributed by atoms with Crippen LogP contribution >= 0.6 is 11.3 Å². The van der Waals surface area contributed by atoms with Crippen molar-refractivity contribution in [1.82, 2.24) is 5.32 Å². The molecule has 1 atom stereocenters. The second-order valence-corrected chi connectivity index (χ2v) is 9.55. The molecule has 1 aliphatic carbocycles. The van der Waals surface area contributed by atoms with Gasteiger partial charge >= 0.3 is 0 Å². The van der Waals surface area contributed by atoms with Crippen LogP contribution in [0.1, 0.15) is 48.6 Å². The Morgan fingerprint density at radius 2 is 1.85 bits per heavy atom. The van der Waals surface area contributed by atoms with Gasteiger partial charge in [-0.2, -0.15) is 0 Å². The van der Waals surface area contributed by atoms with E-state index in [-0.39, 0.29) is 24.3 Å². The second kappa shape index (κ2) is 11.3. The van der Waals surface area contributed by atoms with Gasteiger partial charge < -0.3 is 10.1 Å². The number of amides is 2. The van der Waals surface area contributed by atoms with Crippen LogP contribution in [0.15, 0.2) is 66.0 Å². The van der Waals surface area contributed by atoms with Crippen molar-refractivity contribution in [2.75, 3.05) is 12.0 Å². The molecule has 1 aliphatic rings. The van der Waals surface area contributed by atoms with E-state index in [0.29, 0.717) is 17.0 Å². The highest BCUT2D eigenvalue weighted by atomic mass is 32.1. The molecule has 1 saturated carbocycles. The summed E-state index contributed by atoms with van der Waals surface area (Å²) in [5, 5.41) is 5.10. The number of halogens is 1. The molecular formula is C27H29FN2O3S. The number of anilines is 1. The maximum atomic E-state index is 13.8. The van der Waals surface area contributed by atoms with Crippen molar-refractivity contribution in [3.63, 3.8) is 0 Å². The number of nitrogens with one attached hydrogen (secondary N) is 1. The van der Waals surface area contributed by atoms with Crippen molar-refractivity contribution < 1.29 is 18.7 Å². The number of rotatable bonds is 8. The van der Waals surface area contributed by atoms with E-state index in [0.717, 1.165) is 30.6 Å². The lowest BCUT2D eigenvalue weighted by molar-refractivity contribution is -0.127. The fourth-order valence-corrected chi connectivity index (χ4v) is 5.14. The van der Waals surface area contributed by atoms with E-state index in [1.807, 2.05) is 29.6 Å². The summed E-state index contributed by atoms with van der Waals surface area (Å²) in [6.07, 6.45) is 5.33. The number of ether oxygens (including phenoxy) is 1. The van der Waals surface area contributed by atoms with Crippen molar-refractivity contribution in [3.8, 4) is 5.75 Å². The topological polar surface area (TPSA) is 58.6 Å². The van der Waals surface area contributed by atoms with Crippen LogP contribution in [0.2, 0.25) is 0 Å². The third-order valence-electron chi connectivity index (χ3n) is 6.15. The van der Waals surface area contributed by atoms with Gasteiger partial charge in [-0.1, -0.05) is 37.5 Å². The molecule has 1 aromatic heterocycles. The van der Waals surface area contributed by atoms with Crippen molar-refractivity contribution >= 4 is 28.8 Å². The number of carbonyl (C=O) groups excluding carboxylic acids is 2. The minimum absolute atomic E-state index is 0.0804. The van der Waals surface area contributed by atoms with E-state index in [9.17, 15) is 14.0 Å². The van der Waals surface area contributed by atoms with E-state index in [4.69, 9.17) is 4.74 Å². The zero-order valence-electron chi connectivity index (χ0n) is 19.2. The van der Waals surface area contributed by atoms with Gasteiger partial charge in [-0.15, -0.1) is 11.3 Å². The summed E-state index contributed by atoms with van der Waals surface area (Å²) < 4.78 is 19.1. The summed E-state index contributed by atoms with van der Waals surface area (Å²) in [6.45, 7) is 0. The third-order valence-corrected chi connectivity index (χ3v) is 7.02. The standard InChI is InChI=1S/C27H29FN2O3S/c1-33-23-10-5-7-19(17-23)26(27(32)29-21-8-3-2-4-9-21)30(22-14-12-20(28)13-15-22)25(31)18-24-11-6-16-34-24/h5-7,10-17,21,26H,2-4,8-9,18H2,1H3,(H,29,32)/t26-/m0/s1. The minimum Gasteiger partial charge on any atom is -0.497 e. The zero-order valence-corrected chi connectivity index (χ0v) is 20.0. The van der Waals surface area contributed by atoms with Crippen LogP contribution in [0.5, 0.6) is 5.75 Å². The number of benzene rings is 2. The van der Waals surface area contributed by atoms with Crippen LogP contribution in [0.25, 0.3) is 0 Å². The summed E-state index contributed by atoms with van der Waals surface area (Å²) in [4.78, 5) is 29.9. The summed E-state index contributed by atoms with van der Waals surface area (Å²) in [5.41, 5.74) is 1.10. The number of nitrogens with zero attached hydrogens (tertiary/aromatic N) is 1. The van der Waals surface area contributed by atoms with Crippen molar-refractivity contribution in [1.29, 1.82) is 0 Å². The average molecular weight is 481 g/mol. The van der Waals surface area contributed by atoms with Crippen molar-refractivity contribution in [2.24, 2.45) is 0 Å². The summed E-state index contributed by atoms with van der Waals surface area (Å²) in [7, 11) is 1.57. The molecule has 1 fully saturated rings.